The van der Waals surface area contributed by atoms with Crippen LogP contribution in [0.4, 0.5) is 11.4 Å². The van der Waals surface area contributed by atoms with Crippen LogP contribution < -0.4 is 14.5 Å². The maximum Gasteiger partial charge on any atom is 0.300 e. The largest absolute Gasteiger partial charge is 0.507 e. The fourth-order valence-corrected chi connectivity index (χ4v) is 5.27. The maximum atomic E-state index is 13.4. The van der Waals surface area contributed by atoms with Crippen molar-refractivity contribution in [3.8, 4) is 5.75 Å². The Hall–Kier alpha value is -4.00. The zero-order chi connectivity index (χ0) is 26.8. The molecule has 3 heterocycles. The van der Waals surface area contributed by atoms with E-state index in [9.17, 15) is 14.7 Å². The van der Waals surface area contributed by atoms with Crippen LogP contribution in [0.1, 0.15) is 61.3 Å². The molecule has 7 nitrogen and oxygen atoms in total. The summed E-state index contributed by atoms with van der Waals surface area (Å²) in [6, 6.07) is 15.6. The van der Waals surface area contributed by atoms with Gasteiger partial charge in [0.1, 0.15) is 29.1 Å². The number of ketones is 1. The lowest BCUT2D eigenvalue weighted by atomic mass is 9.98. The molecule has 5 rings (SSSR count). The zero-order valence-corrected chi connectivity index (χ0v) is 22.2. The van der Waals surface area contributed by atoms with Crippen LogP contribution in [0.2, 0.25) is 0 Å². The maximum absolute atomic E-state index is 13.4. The molecule has 1 amide bonds. The average molecular weight is 515 g/mol. The molecule has 0 spiro atoms. The van der Waals surface area contributed by atoms with Gasteiger partial charge in [-0.3, -0.25) is 14.5 Å². The van der Waals surface area contributed by atoms with E-state index in [4.69, 9.17) is 9.15 Å². The van der Waals surface area contributed by atoms with Gasteiger partial charge in [-0.05, 0) is 99.7 Å². The minimum Gasteiger partial charge on any atom is -0.507 e. The number of anilines is 2. The lowest BCUT2D eigenvalue weighted by Crippen LogP contribution is -2.30. The number of benzene rings is 2. The summed E-state index contributed by atoms with van der Waals surface area (Å²) in [6.07, 6.45) is 4.46. The first-order valence-corrected chi connectivity index (χ1v) is 13.3. The third-order valence-corrected chi connectivity index (χ3v) is 7.23. The first-order valence-electron chi connectivity index (χ1n) is 13.3. The molecule has 2 aliphatic heterocycles. The topological polar surface area (TPSA) is 83.2 Å². The van der Waals surface area contributed by atoms with Crippen molar-refractivity contribution in [1.82, 2.24) is 0 Å². The smallest absolute Gasteiger partial charge is 0.300 e. The van der Waals surface area contributed by atoms with E-state index in [0.29, 0.717) is 29.4 Å². The van der Waals surface area contributed by atoms with Gasteiger partial charge in [-0.25, -0.2) is 0 Å². The molecular formula is C31H34N2O5. The molecule has 1 aromatic heterocycles. The molecule has 2 aromatic carbocycles. The Morgan fingerprint density at radius 2 is 1.68 bits per heavy atom. The Morgan fingerprint density at radius 3 is 2.32 bits per heavy atom. The molecule has 2 fully saturated rings. The van der Waals surface area contributed by atoms with E-state index in [2.05, 4.69) is 4.90 Å². The van der Waals surface area contributed by atoms with Gasteiger partial charge in [0, 0.05) is 30.0 Å². The van der Waals surface area contributed by atoms with Crippen molar-refractivity contribution < 1.29 is 23.8 Å². The summed E-state index contributed by atoms with van der Waals surface area (Å²) in [6.45, 7) is 8.34. The summed E-state index contributed by atoms with van der Waals surface area (Å²) in [5, 5.41) is 11.4. The standard InChI is InChI=1S/C31H34N2O5/c1-4-18-37-25-15-9-22(19-20(25)2)29(34)27-28(26-14-8-21(3)38-26)33(31(36)30(27)35)24-12-10-23(11-13-24)32-16-6-5-7-17-32/h8-15,19,28,34H,4-7,16-18H2,1-3H3/b29-27-. The quantitative estimate of drug-likeness (QED) is 0.226. The Bertz CT molecular complexity index is 1370. The van der Waals surface area contributed by atoms with Crippen LogP contribution in [0, 0.1) is 13.8 Å². The Morgan fingerprint density at radius 1 is 0.974 bits per heavy atom. The number of rotatable bonds is 7. The number of ether oxygens (including phenoxy) is 1. The summed E-state index contributed by atoms with van der Waals surface area (Å²) in [5.74, 6) is 0.111. The number of furan rings is 1. The molecule has 1 atom stereocenters. The van der Waals surface area contributed by atoms with Gasteiger partial charge in [-0.2, -0.15) is 0 Å². The van der Waals surface area contributed by atoms with Gasteiger partial charge in [-0.15, -0.1) is 0 Å². The minimum absolute atomic E-state index is 0.00563. The predicted molar refractivity (Wildman–Crippen MR) is 148 cm³/mol. The Balaban J connectivity index is 1.55. The van der Waals surface area contributed by atoms with Crippen LogP contribution >= 0.6 is 0 Å². The number of nitrogens with zero attached hydrogens (tertiary/aromatic N) is 2. The first-order chi connectivity index (χ1) is 18.4. The number of piperidine rings is 1. The van der Waals surface area contributed by atoms with Gasteiger partial charge in [0.15, 0.2) is 0 Å². The number of carbonyl (C=O) groups excluding carboxylic acids is 2. The number of aliphatic hydroxyl groups excluding tert-OH is 1. The number of carbonyl (C=O) groups is 2. The molecule has 0 saturated carbocycles. The van der Waals surface area contributed by atoms with E-state index < -0.39 is 17.7 Å². The predicted octanol–water partition coefficient (Wildman–Crippen LogP) is 6.30. The van der Waals surface area contributed by atoms with E-state index >= 15 is 0 Å². The first kappa shape index (κ1) is 25.6. The van der Waals surface area contributed by atoms with Gasteiger partial charge in [0.25, 0.3) is 11.7 Å². The lowest BCUT2D eigenvalue weighted by molar-refractivity contribution is -0.132. The van der Waals surface area contributed by atoms with Gasteiger partial charge >= 0.3 is 0 Å². The average Bonchev–Trinajstić information content (AvgIpc) is 3.48. The second kappa shape index (κ2) is 10.8. The normalized spacial score (nSPS) is 19.3. The number of hydrogen-bond donors (Lipinski definition) is 1. The summed E-state index contributed by atoms with van der Waals surface area (Å²) in [5.41, 5.74) is 2.95. The fraction of sp³-hybridized carbons (Fsp3) is 0.355. The van der Waals surface area contributed by atoms with Gasteiger partial charge in [0.2, 0.25) is 0 Å². The second-order valence-electron chi connectivity index (χ2n) is 10.0. The van der Waals surface area contributed by atoms with E-state index in [1.807, 2.05) is 45.0 Å². The van der Waals surface area contributed by atoms with Crippen LogP contribution in [0.5, 0.6) is 5.75 Å². The second-order valence-corrected chi connectivity index (χ2v) is 10.0. The van der Waals surface area contributed by atoms with E-state index in [-0.39, 0.29) is 11.3 Å². The molecular weight excluding hydrogens is 480 g/mol. The number of hydrogen-bond acceptors (Lipinski definition) is 6. The third kappa shape index (κ3) is 4.80. The third-order valence-electron chi connectivity index (χ3n) is 7.23. The highest BCUT2D eigenvalue weighted by molar-refractivity contribution is 6.51. The molecule has 198 valence electrons. The molecule has 0 bridgehead atoms. The van der Waals surface area contributed by atoms with Crippen molar-refractivity contribution >= 4 is 28.8 Å². The molecule has 2 aliphatic rings. The minimum atomic E-state index is -0.888. The fourth-order valence-electron chi connectivity index (χ4n) is 5.27. The van der Waals surface area contributed by atoms with E-state index in [1.165, 1.54) is 24.2 Å². The van der Waals surface area contributed by atoms with Gasteiger partial charge in [-0.1, -0.05) is 6.92 Å². The van der Waals surface area contributed by atoms with E-state index in [0.717, 1.165) is 36.5 Å². The van der Waals surface area contributed by atoms with Crippen molar-refractivity contribution in [3.63, 3.8) is 0 Å². The number of Topliss-reactive ketones (excluding diaryl/α,β-unsaturated/α-hetero) is 1. The SMILES string of the molecule is CCCOc1ccc(/C(O)=C2/C(=O)C(=O)N(c3ccc(N4CCCCC4)cc3)C2c2ccc(C)o2)cc1C. The van der Waals surface area contributed by atoms with Crippen molar-refractivity contribution in [2.45, 2.75) is 52.5 Å². The molecule has 38 heavy (non-hydrogen) atoms. The summed E-state index contributed by atoms with van der Waals surface area (Å²) < 4.78 is 11.7. The summed E-state index contributed by atoms with van der Waals surface area (Å²) in [7, 11) is 0. The summed E-state index contributed by atoms with van der Waals surface area (Å²) in [4.78, 5) is 30.6. The highest BCUT2D eigenvalue weighted by Gasteiger charge is 2.48. The van der Waals surface area contributed by atoms with Crippen LogP contribution in [0.15, 0.2) is 64.6 Å². The number of aryl methyl sites for hydroxylation is 2. The van der Waals surface area contributed by atoms with Crippen molar-refractivity contribution in [2.24, 2.45) is 0 Å². The monoisotopic (exact) mass is 514 g/mol. The molecule has 7 heteroatoms. The molecule has 1 N–H and O–H groups in total. The molecule has 2 saturated heterocycles. The van der Waals surface area contributed by atoms with E-state index in [1.54, 1.807) is 30.3 Å². The highest BCUT2D eigenvalue weighted by atomic mass is 16.5. The van der Waals surface area contributed by atoms with Crippen LogP contribution in [-0.4, -0.2) is 36.5 Å². The Labute approximate surface area is 223 Å². The van der Waals surface area contributed by atoms with Crippen molar-refractivity contribution in [1.29, 1.82) is 0 Å². The Kier molecular flexibility index (Phi) is 7.27. The van der Waals surface area contributed by atoms with Crippen LogP contribution in [-0.2, 0) is 9.59 Å². The van der Waals surface area contributed by atoms with Crippen LogP contribution in [0.3, 0.4) is 0 Å². The molecule has 0 aliphatic carbocycles. The number of amides is 1. The molecule has 0 radical (unpaired) electrons. The van der Waals surface area contributed by atoms with Gasteiger partial charge in [0.05, 0.1) is 12.2 Å². The van der Waals surface area contributed by atoms with Crippen molar-refractivity contribution in [2.75, 3.05) is 29.5 Å². The summed E-state index contributed by atoms with van der Waals surface area (Å²) >= 11 is 0. The zero-order valence-electron chi connectivity index (χ0n) is 22.2. The van der Waals surface area contributed by atoms with Crippen LogP contribution in [0.25, 0.3) is 5.76 Å². The number of aliphatic hydroxyl groups is 1. The molecule has 3 aromatic rings. The van der Waals surface area contributed by atoms with Crippen molar-refractivity contribution in [3.05, 3.63) is 82.8 Å². The molecule has 1 unspecified atom stereocenters. The van der Waals surface area contributed by atoms with Gasteiger partial charge < -0.3 is 19.2 Å². The lowest BCUT2D eigenvalue weighted by Gasteiger charge is -2.29. The highest BCUT2D eigenvalue weighted by Crippen LogP contribution is 2.43.